The second-order valence-corrected chi connectivity index (χ2v) is 8.56. The van der Waals surface area contributed by atoms with E-state index in [9.17, 15) is 30.4 Å². The van der Waals surface area contributed by atoms with Crippen molar-refractivity contribution in [2.24, 2.45) is 5.92 Å². The quantitative estimate of drug-likeness (QED) is 0.674. The first kappa shape index (κ1) is 20.3. The number of nitrogens with zero attached hydrogens (tertiary/aromatic N) is 1. The summed E-state index contributed by atoms with van der Waals surface area (Å²) in [6.45, 7) is 0.828. The molecular weight excluding hydrogens is 373 g/mol. The molecule has 2 rings (SSSR count). The number of hydrogen-bond donors (Lipinski definition) is 0. The molecule has 0 aromatic carbocycles. The Bertz CT molecular complexity index is 612. The molecule has 1 saturated carbocycles. The Balaban J connectivity index is 2.01. The van der Waals surface area contributed by atoms with E-state index in [4.69, 9.17) is 14.7 Å². The van der Waals surface area contributed by atoms with Crippen LogP contribution in [0.4, 0.5) is 22.0 Å². The highest BCUT2D eigenvalue weighted by atomic mass is 32.2. The van der Waals surface area contributed by atoms with Gasteiger partial charge in [-0.3, -0.25) is 0 Å². The van der Waals surface area contributed by atoms with E-state index in [0.29, 0.717) is 26.1 Å². The molecule has 1 heterocycles. The molecule has 1 aliphatic heterocycles. The zero-order valence-electron chi connectivity index (χ0n) is 13.2. The van der Waals surface area contributed by atoms with E-state index in [-0.39, 0.29) is 12.8 Å². The Morgan fingerprint density at radius 3 is 2.08 bits per heavy atom. The van der Waals surface area contributed by atoms with Crippen molar-refractivity contribution >= 4 is 9.84 Å². The monoisotopic (exact) mass is 391 g/mol. The van der Waals surface area contributed by atoms with Crippen molar-refractivity contribution in [2.45, 2.75) is 55.2 Å². The molecule has 0 bridgehead atoms. The lowest BCUT2D eigenvalue weighted by Crippen LogP contribution is -2.42. The number of hydrogen-bond acceptors (Lipinski definition) is 5. The zero-order chi connectivity index (χ0) is 18.9. The van der Waals surface area contributed by atoms with Gasteiger partial charge in [0, 0.05) is 19.3 Å². The summed E-state index contributed by atoms with van der Waals surface area (Å²) in [6, 6.07) is 1.57. The Labute approximate surface area is 142 Å². The van der Waals surface area contributed by atoms with Crippen molar-refractivity contribution in [3.05, 3.63) is 0 Å². The van der Waals surface area contributed by atoms with E-state index in [1.807, 2.05) is 0 Å². The van der Waals surface area contributed by atoms with Gasteiger partial charge in [0.05, 0.1) is 25.0 Å². The number of alkyl halides is 5. The fourth-order valence-corrected chi connectivity index (χ4v) is 5.00. The van der Waals surface area contributed by atoms with E-state index in [0.717, 1.165) is 0 Å². The minimum Gasteiger partial charge on any atom is -0.348 e. The summed E-state index contributed by atoms with van der Waals surface area (Å²) >= 11 is 0. The molecule has 144 valence electrons. The van der Waals surface area contributed by atoms with Crippen LogP contribution in [-0.2, 0) is 19.3 Å². The molecule has 1 atom stereocenters. The summed E-state index contributed by atoms with van der Waals surface area (Å²) in [5, 5.41) is 7.54. The predicted octanol–water partition coefficient (Wildman–Crippen LogP) is 2.81. The molecule has 1 saturated heterocycles. The molecule has 1 spiro atoms. The van der Waals surface area contributed by atoms with Gasteiger partial charge >= 0.3 is 12.1 Å². The summed E-state index contributed by atoms with van der Waals surface area (Å²) in [6.07, 6.45) is -6.49. The number of halogens is 5. The van der Waals surface area contributed by atoms with Crippen LogP contribution >= 0.6 is 0 Å². The summed E-state index contributed by atoms with van der Waals surface area (Å²) in [5.41, 5.74) is 0. The summed E-state index contributed by atoms with van der Waals surface area (Å²) in [7, 11) is -4.42. The third-order valence-corrected chi connectivity index (χ3v) is 6.70. The lowest BCUT2D eigenvalue weighted by Gasteiger charge is -2.36. The Hall–Kier alpha value is -0.990. The molecule has 2 aliphatic rings. The number of rotatable bonds is 5. The lowest BCUT2D eigenvalue weighted by molar-refractivity contribution is -0.282. The van der Waals surface area contributed by atoms with Crippen LogP contribution in [0.3, 0.4) is 0 Å². The van der Waals surface area contributed by atoms with Gasteiger partial charge in [-0.05, 0) is 18.8 Å². The second-order valence-electron chi connectivity index (χ2n) is 6.31. The highest BCUT2D eigenvalue weighted by Gasteiger charge is 2.57. The maximum absolute atomic E-state index is 13.0. The van der Waals surface area contributed by atoms with Gasteiger partial charge in [-0.15, -0.1) is 0 Å². The molecule has 25 heavy (non-hydrogen) atoms. The zero-order valence-corrected chi connectivity index (χ0v) is 14.0. The van der Waals surface area contributed by atoms with Gasteiger partial charge in [0.25, 0.3) is 0 Å². The Morgan fingerprint density at radius 2 is 1.64 bits per heavy atom. The van der Waals surface area contributed by atoms with Crippen LogP contribution in [0.1, 0.15) is 32.1 Å². The molecule has 0 radical (unpaired) electrons. The molecular formula is C14H18F5NO4S. The molecule has 2 fully saturated rings. The average molecular weight is 391 g/mol. The number of ether oxygens (including phenoxy) is 2. The normalized spacial score (nSPS) is 23.5. The first-order chi connectivity index (χ1) is 11.4. The Kier molecular flexibility index (Phi) is 5.66. The van der Waals surface area contributed by atoms with Crippen LogP contribution in [-0.4, -0.2) is 50.5 Å². The largest absolute Gasteiger partial charge is 0.453 e. The molecule has 0 amide bonds. The van der Waals surface area contributed by atoms with Crippen molar-refractivity contribution in [3.63, 3.8) is 0 Å². The van der Waals surface area contributed by atoms with Gasteiger partial charge < -0.3 is 9.47 Å². The van der Waals surface area contributed by atoms with Gasteiger partial charge in [0.1, 0.15) is 0 Å². The molecule has 1 aliphatic carbocycles. The number of nitriles is 1. The van der Waals surface area contributed by atoms with Crippen molar-refractivity contribution in [2.75, 3.05) is 19.0 Å². The average Bonchev–Trinajstić information content (AvgIpc) is 2.95. The summed E-state index contributed by atoms with van der Waals surface area (Å²) in [5.74, 6) is -7.94. The van der Waals surface area contributed by atoms with Gasteiger partial charge in [-0.1, -0.05) is 0 Å². The topological polar surface area (TPSA) is 76.4 Å². The van der Waals surface area contributed by atoms with Crippen LogP contribution < -0.4 is 0 Å². The molecule has 5 nitrogen and oxygen atoms in total. The van der Waals surface area contributed by atoms with Gasteiger partial charge in [-0.25, -0.2) is 8.42 Å². The first-order valence-corrected chi connectivity index (χ1v) is 9.48. The van der Waals surface area contributed by atoms with E-state index in [1.165, 1.54) is 0 Å². The Morgan fingerprint density at radius 1 is 1.12 bits per heavy atom. The predicted molar refractivity (Wildman–Crippen MR) is 75.4 cm³/mol. The maximum atomic E-state index is 13.0. The van der Waals surface area contributed by atoms with Crippen LogP contribution in [0.5, 0.6) is 0 Å². The standard InChI is InChI=1S/C14H18F5NO4S/c15-13(16,14(17,18)19)5-8-25(21,22)11(9-20)10-1-3-12(4-2-10)23-6-7-24-12/h10-11H,1-8H2. The van der Waals surface area contributed by atoms with Crippen molar-refractivity contribution in [1.29, 1.82) is 5.26 Å². The van der Waals surface area contributed by atoms with Crippen molar-refractivity contribution in [1.82, 2.24) is 0 Å². The van der Waals surface area contributed by atoms with E-state index in [1.54, 1.807) is 6.07 Å². The minimum atomic E-state index is -5.82. The van der Waals surface area contributed by atoms with E-state index < -0.39 is 51.1 Å². The van der Waals surface area contributed by atoms with Crippen LogP contribution in [0.25, 0.3) is 0 Å². The second kappa shape index (κ2) is 6.96. The fourth-order valence-electron chi connectivity index (χ4n) is 3.19. The smallest absolute Gasteiger partial charge is 0.348 e. The lowest BCUT2D eigenvalue weighted by atomic mass is 9.83. The summed E-state index contributed by atoms with van der Waals surface area (Å²) in [4.78, 5) is 0. The molecule has 0 N–H and O–H groups in total. The van der Waals surface area contributed by atoms with Gasteiger partial charge in [0.15, 0.2) is 20.9 Å². The minimum absolute atomic E-state index is 0.257. The number of sulfone groups is 1. The molecule has 0 aromatic rings. The highest BCUT2D eigenvalue weighted by Crippen LogP contribution is 2.42. The van der Waals surface area contributed by atoms with E-state index in [2.05, 4.69) is 0 Å². The molecule has 0 aromatic heterocycles. The van der Waals surface area contributed by atoms with E-state index >= 15 is 0 Å². The van der Waals surface area contributed by atoms with Crippen LogP contribution in [0, 0.1) is 17.2 Å². The highest BCUT2D eigenvalue weighted by molar-refractivity contribution is 7.92. The fraction of sp³-hybridized carbons (Fsp3) is 0.929. The summed E-state index contributed by atoms with van der Waals surface area (Å²) < 4.78 is 97.7. The SMILES string of the molecule is N#CC(C1CCC2(CC1)OCCO2)S(=O)(=O)CCC(F)(F)C(F)(F)F. The van der Waals surface area contributed by atoms with Gasteiger partial charge in [-0.2, -0.15) is 27.2 Å². The van der Waals surface area contributed by atoms with Crippen LogP contribution in [0.15, 0.2) is 0 Å². The maximum Gasteiger partial charge on any atom is 0.453 e. The van der Waals surface area contributed by atoms with Gasteiger partial charge in [0.2, 0.25) is 0 Å². The third-order valence-electron chi connectivity index (χ3n) is 4.66. The first-order valence-electron chi connectivity index (χ1n) is 7.76. The molecule has 11 heteroatoms. The molecule has 1 unspecified atom stereocenters. The third kappa shape index (κ3) is 4.41. The van der Waals surface area contributed by atoms with Crippen molar-refractivity contribution in [3.8, 4) is 6.07 Å². The van der Waals surface area contributed by atoms with Crippen LogP contribution in [0.2, 0.25) is 0 Å². The van der Waals surface area contributed by atoms with Crippen molar-refractivity contribution < 1.29 is 39.8 Å².